The summed E-state index contributed by atoms with van der Waals surface area (Å²) in [6.07, 6.45) is 0. The van der Waals surface area contributed by atoms with Gasteiger partial charge in [0.1, 0.15) is 0 Å². The molecule has 0 aliphatic heterocycles. The molecule has 0 atom stereocenters. The van der Waals surface area contributed by atoms with Crippen LogP contribution in [0.25, 0.3) is 0 Å². The minimum Gasteiger partial charge on any atom is -0.465 e. The average molecular weight is 284 g/mol. The Kier molecular flexibility index (Phi) is 4.11. The Hall–Kier alpha value is -1.66. The summed E-state index contributed by atoms with van der Waals surface area (Å²) in [5.74, 6) is -0.412. The van der Waals surface area contributed by atoms with Crippen molar-refractivity contribution >= 4 is 34.8 Å². The highest BCUT2D eigenvalue weighted by Crippen LogP contribution is 2.22. The molecule has 0 spiro atoms. The summed E-state index contributed by atoms with van der Waals surface area (Å²) < 4.78 is 8.47. The number of esters is 1. The van der Waals surface area contributed by atoms with Crippen LogP contribution < -0.4 is 5.32 Å². The van der Waals surface area contributed by atoms with E-state index in [4.69, 9.17) is 16.3 Å². The number of ether oxygens (including phenoxy) is 1. The van der Waals surface area contributed by atoms with Crippen LogP contribution in [0.2, 0.25) is 5.02 Å². The lowest BCUT2D eigenvalue weighted by Crippen LogP contribution is -2.08. The molecule has 1 N–H and O–H groups in total. The third-order valence-corrected chi connectivity index (χ3v) is 3.04. The van der Waals surface area contributed by atoms with Crippen LogP contribution in [0.5, 0.6) is 0 Å². The Labute approximate surface area is 113 Å². The van der Waals surface area contributed by atoms with Gasteiger partial charge in [0.25, 0.3) is 0 Å². The van der Waals surface area contributed by atoms with E-state index in [0.29, 0.717) is 22.8 Å². The molecule has 0 saturated heterocycles. The number of carbonyl (C=O) groups excluding carboxylic acids is 1. The van der Waals surface area contributed by atoms with Gasteiger partial charge in [0, 0.05) is 10.4 Å². The lowest BCUT2D eigenvalue weighted by molar-refractivity contribution is 0.0602. The first-order valence-corrected chi connectivity index (χ1v) is 6.30. The van der Waals surface area contributed by atoms with E-state index in [1.807, 2.05) is 5.38 Å². The molecule has 0 bridgehead atoms. The number of hydrogen-bond donors (Lipinski definition) is 1. The number of benzene rings is 1. The smallest absolute Gasteiger partial charge is 0.339 e. The second-order valence-electron chi connectivity index (χ2n) is 3.43. The van der Waals surface area contributed by atoms with Gasteiger partial charge in [-0.15, -0.1) is 5.10 Å². The molecule has 94 valence electrons. The van der Waals surface area contributed by atoms with Gasteiger partial charge in [-0.25, -0.2) is 4.79 Å². The summed E-state index contributed by atoms with van der Waals surface area (Å²) in [6.45, 7) is 0.473. The van der Waals surface area contributed by atoms with Gasteiger partial charge in [-0.2, -0.15) is 0 Å². The van der Waals surface area contributed by atoms with Gasteiger partial charge in [0.2, 0.25) is 0 Å². The zero-order chi connectivity index (χ0) is 13.0. The van der Waals surface area contributed by atoms with Crippen molar-refractivity contribution in [2.24, 2.45) is 0 Å². The second kappa shape index (κ2) is 5.79. The molecule has 0 saturated carbocycles. The Balaban J connectivity index is 2.19. The molecular formula is C11H10ClN3O2S. The summed E-state index contributed by atoms with van der Waals surface area (Å²) in [7, 11) is 1.34. The van der Waals surface area contributed by atoms with Crippen LogP contribution in [0.3, 0.4) is 0 Å². The van der Waals surface area contributed by atoms with E-state index in [9.17, 15) is 4.79 Å². The third kappa shape index (κ3) is 2.96. The predicted molar refractivity (Wildman–Crippen MR) is 70.0 cm³/mol. The zero-order valence-electron chi connectivity index (χ0n) is 9.51. The molecule has 7 heteroatoms. The standard InChI is InChI=1S/C11H10ClN3O2S/c1-17-11(16)9-3-2-7(12)4-10(9)13-5-8-6-18-15-14-8/h2-4,6,13H,5H2,1H3. The fourth-order valence-corrected chi connectivity index (χ4v) is 2.02. The highest BCUT2D eigenvalue weighted by atomic mass is 35.5. The summed E-state index contributed by atoms with van der Waals surface area (Å²) in [6, 6.07) is 4.94. The van der Waals surface area contributed by atoms with Gasteiger partial charge >= 0.3 is 5.97 Å². The maximum atomic E-state index is 11.6. The SMILES string of the molecule is COC(=O)c1ccc(Cl)cc1NCc1csnn1. The zero-order valence-corrected chi connectivity index (χ0v) is 11.1. The first-order valence-electron chi connectivity index (χ1n) is 5.08. The molecule has 18 heavy (non-hydrogen) atoms. The number of rotatable bonds is 4. The van der Waals surface area contributed by atoms with Gasteiger partial charge < -0.3 is 10.1 Å². The van der Waals surface area contributed by atoms with Crippen molar-refractivity contribution in [1.82, 2.24) is 9.59 Å². The van der Waals surface area contributed by atoms with Crippen LogP contribution in [0.15, 0.2) is 23.6 Å². The fraction of sp³-hybridized carbons (Fsp3) is 0.182. The molecule has 1 aromatic heterocycles. The predicted octanol–water partition coefficient (Wildman–Crippen LogP) is 2.59. The number of methoxy groups -OCH3 is 1. The molecule has 0 aliphatic carbocycles. The molecule has 1 aromatic carbocycles. The number of anilines is 1. The second-order valence-corrected chi connectivity index (χ2v) is 4.48. The number of nitrogens with one attached hydrogen (secondary N) is 1. The van der Waals surface area contributed by atoms with Crippen LogP contribution >= 0.6 is 23.1 Å². The van der Waals surface area contributed by atoms with Gasteiger partial charge in [-0.3, -0.25) is 0 Å². The lowest BCUT2D eigenvalue weighted by atomic mass is 10.2. The van der Waals surface area contributed by atoms with Gasteiger partial charge in [-0.1, -0.05) is 16.1 Å². The monoisotopic (exact) mass is 283 g/mol. The van der Waals surface area contributed by atoms with Crippen LogP contribution in [-0.2, 0) is 11.3 Å². The molecule has 5 nitrogen and oxygen atoms in total. The fourth-order valence-electron chi connectivity index (χ4n) is 1.40. The first kappa shape index (κ1) is 12.8. The first-order chi connectivity index (χ1) is 8.70. The van der Waals surface area contributed by atoms with E-state index < -0.39 is 5.97 Å². The summed E-state index contributed by atoms with van der Waals surface area (Å²) in [5.41, 5.74) is 1.85. The Morgan fingerprint density at radius 2 is 2.39 bits per heavy atom. The van der Waals surface area contributed by atoms with E-state index in [-0.39, 0.29) is 0 Å². The largest absolute Gasteiger partial charge is 0.465 e. The topological polar surface area (TPSA) is 64.1 Å². The maximum absolute atomic E-state index is 11.6. The molecule has 0 aliphatic rings. The lowest BCUT2D eigenvalue weighted by Gasteiger charge is -2.10. The van der Waals surface area contributed by atoms with Crippen molar-refractivity contribution < 1.29 is 9.53 Å². The Morgan fingerprint density at radius 3 is 3.06 bits per heavy atom. The maximum Gasteiger partial charge on any atom is 0.339 e. The highest BCUT2D eigenvalue weighted by molar-refractivity contribution is 7.03. The molecule has 0 fully saturated rings. The van der Waals surface area contributed by atoms with E-state index in [1.54, 1.807) is 18.2 Å². The highest BCUT2D eigenvalue weighted by Gasteiger charge is 2.12. The summed E-state index contributed by atoms with van der Waals surface area (Å²) in [5, 5.41) is 9.37. The van der Waals surface area contributed by atoms with Crippen LogP contribution in [0, 0.1) is 0 Å². The third-order valence-electron chi connectivity index (χ3n) is 2.25. The molecule has 2 rings (SSSR count). The van der Waals surface area contributed by atoms with Gasteiger partial charge in [0.05, 0.1) is 30.6 Å². The average Bonchev–Trinajstić information content (AvgIpc) is 2.88. The molecule has 2 aromatic rings. The number of halogens is 1. The summed E-state index contributed by atoms with van der Waals surface area (Å²) >= 11 is 7.18. The van der Waals surface area contributed by atoms with E-state index in [1.165, 1.54) is 18.6 Å². The van der Waals surface area contributed by atoms with Crippen molar-refractivity contribution in [1.29, 1.82) is 0 Å². The Morgan fingerprint density at radius 1 is 1.56 bits per heavy atom. The number of hydrogen-bond acceptors (Lipinski definition) is 6. The molecule has 0 amide bonds. The minimum atomic E-state index is -0.412. The van der Waals surface area contributed by atoms with Crippen molar-refractivity contribution in [3.63, 3.8) is 0 Å². The van der Waals surface area contributed by atoms with E-state index >= 15 is 0 Å². The number of nitrogens with zero attached hydrogens (tertiary/aromatic N) is 2. The van der Waals surface area contributed by atoms with Gasteiger partial charge in [0.15, 0.2) is 0 Å². The molecular weight excluding hydrogens is 274 g/mol. The van der Waals surface area contributed by atoms with Crippen molar-refractivity contribution in [3.8, 4) is 0 Å². The normalized spacial score (nSPS) is 10.1. The molecule has 1 heterocycles. The van der Waals surface area contributed by atoms with E-state index in [2.05, 4.69) is 14.9 Å². The van der Waals surface area contributed by atoms with Crippen LogP contribution in [-0.4, -0.2) is 22.7 Å². The van der Waals surface area contributed by atoms with Crippen molar-refractivity contribution in [2.75, 3.05) is 12.4 Å². The quantitative estimate of drug-likeness (QED) is 0.874. The van der Waals surface area contributed by atoms with Crippen molar-refractivity contribution in [2.45, 2.75) is 6.54 Å². The van der Waals surface area contributed by atoms with Crippen LogP contribution in [0.1, 0.15) is 16.1 Å². The van der Waals surface area contributed by atoms with Gasteiger partial charge in [-0.05, 0) is 29.7 Å². The minimum absolute atomic E-state index is 0.412. The summed E-state index contributed by atoms with van der Waals surface area (Å²) in [4.78, 5) is 11.6. The number of aromatic nitrogens is 2. The van der Waals surface area contributed by atoms with E-state index in [0.717, 1.165) is 5.69 Å². The molecule has 0 radical (unpaired) electrons. The molecule has 0 unspecified atom stereocenters. The van der Waals surface area contributed by atoms with Crippen LogP contribution in [0.4, 0.5) is 5.69 Å². The Bertz CT molecular complexity index is 545. The number of carbonyl (C=O) groups is 1. The van der Waals surface area contributed by atoms with Crippen molar-refractivity contribution in [3.05, 3.63) is 39.9 Å².